The molecule has 4 heteroatoms. The number of carbonyl (C=O) groups excluding carboxylic acids is 1. The second-order valence-corrected chi connectivity index (χ2v) is 5.97. The fourth-order valence-corrected chi connectivity index (χ4v) is 2.88. The zero-order chi connectivity index (χ0) is 14.4. The smallest absolute Gasteiger partial charge is 0.222 e. The zero-order valence-corrected chi connectivity index (χ0v) is 12.5. The third-order valence-corrected chi connectivity index (χ3v) is 4.39. The Morgan fingerprint density at radius 3 is 2.55 bits per heavy atom. The number of rotatable bonds is 6. The monoisotopic (exact) mass is 288 g/mol. The molecule has 106 valence electrons. The lowest BCUT2D eigenvalue weighted by atomic mass is 10.0. The molecule has 0 spiro atoms. The minimum absolute atomic E-state index is 0.00667. The molecule has 3 nitrogen and oxygen atoms in total. The molecule has 2 rings (SSSR count). The summed E-state index contributed by atoms with van der Waals surface area (Å²) in [5.41, 5.74) is 7.02. The number of carbonyl (C=O) groups is 1. The van der Waals surface area contributed by atoms with Crippen LogP contribution in [0, 0.1) is 0 Å². The lowest BCUT2D eigenvalue weighted by Crippen LogP contribution is -2.26. The van der Waals surface area contributed by atoms with Crippen molar-refractivity contribution in [2.24, 2.45) is 5.73 Å². The third-order valence-electron chi connectivity index (χ3n) is 3.16. The summed E-state index contributed by atoms with van der Waals surface area (Å²) < 4.78 is 0. The number of benzene rings is 1. The molecular weight excluding hydrogens is 268 g/mol. The fourth-order valence-electron chi connectivity index (χ4n) is 1.98. The van der Waals surface area contributed by atoms with Gasteiger partial charge in [-0.1, -0.05) is 37.3 Å². The predicted molar refractivity (Wildman–Crippen MR) is 83.5 cm³/mol. The van der Waals surface area contributed by atoms with E-state index in [9.17, 15) is 4.79 Å². The SMILES string of the molecule is CCc1ccc(CNC(=O)CC(N)c2ccccc2)s1. The first-order chi connectivity index (χ1) is 9.69. The van der Waals surface area contributed by atoms with Gasteiger partial charge in [0, 0.05) is 22.2 Å². The molecule has 1 amide bonds. The molecule has 0 aliphatic carbocycles. The van der Waals surface area contributed by atoms with Gasteiger partial charge in [0.15, 0.2) is 0 Å². The fraction of sp³-hybridized carbons (Fsp3) is 0.312. The first-order valence-electron chi connectivity index (χ1n) is 6.84. The molecule has 1 atom stereocenters. The Morgan fingerprint density at radius 1 is 1.20 bits per heavy atom. The van der Waals surface area contributed by atoms with E-state index in [2.05, 4.69) is 24.4 Å². The van der Waals surface area contributed by atoms with Crippen LogP contribution in [0.15, 0.2) is 42.5 Å². The average Bonchev–Trinajstić information content (AvgIpc) is 2.94. The topological polar surface area (TPSA) is 55.1 Å². The molecule has 0 saturated heterocycles. The van der Waals surface area contributed by atoms with E-state index in [1.54, 1.807) is 11.3 Å². The molecule has 1 aromatic carbocycles. The van der Waals surface area contributed by atoms with Gasteiger partial charge < -0.3 is 11.1 Å². The van der Waals surface area contributed by atoms with Gasteiger partial charge in [-0.3, -0.25) is 4.79 Å². The highest BCUT2D eigenvalue weighted by atomic mass is 32.1. The van der Waals surface area contributed by atoms with Crippen molar-refractivity contribution < 1.29 is 4.79 Å². The van der Waals surface area contributed by atoms with Crippen LogP contribution < -0.4 is 11.1 Å². The van der Waals surface area contributed by atoms with Crippen LogP contribution in [0.3, 0.4) is 0 Å². The molecule has 0 fully saturated rings. The lowest BCUT2D eigenvalue weighted by molar-refractivity contribution is -0.121. The minimum Gasteiger partial charge on any atom is -0.351 e. The summed E-state index contributed by atoms with van der Waals surface area (Å²) >= 11 is 1.74. The summed E-state index contributed by atoms with van der Waals surface area (Å²) in [6.45, 7) is 2.72. The Morgan fingerprint density at radius 2 is 1.90 bits per heavy atom. The highest BCUT2D eigenvalue weighted by Crippen LogP contribution is 2.17. The van der Waals surface area contributed by atoms with Crippen LogP contribution in [-0.4, -0.2) is 5.91 Å². The largest absolute Gasteiger partial charge is 0.351 e. The maximum atomic E-state index is 11.9. The molecule has 0 aliphatic rings. The van der Waals surface area contributed by atoms with Crippen molar-refractivity contribution in [2.45, 2.75) is 32.4 Å². The summed E-state index contributed by atoms with van der Waals surface area (Å²) in [7, 11) is 0. The molecule has 20 heavy (non-hydrogen) atoms. The van der Waals surface area contributed by atoms with Crippen LogP contribution in [0.25, 0.3) is 0 Å². The van der Waals surface area contributed by atoms with Crippen molar-refractivity contribution in [1.29, 1.82) is 0 Å². The van der Waals surface area contributed by atoms with Gasteiger partial charge in [0.05, 0.1) is 6.54 Å². The van der Waals surface area contributed by atoms with Crippen molar-refractivity contribution >= 4 is 17.2 Å². The van der Waals surface area contributed by atoms with E-state index in [-0.39, 0.29) is 11.9 Å². The second kappa shape index (κ2) is 7.22. The molecule has 2 aromatic rings. The van der Waals surface area contributed by atoms with Crippen molar-refractivity contribution in [3.8, 4) is 0 Å². The van der Waals surface area contributed by atoms with E-state index in [4.69, 9.17) is 5.73 Å². The Kier molecular flexibility index (Phi) is 5.32. The van der Waals surface area contributed by atoms with Gasteiger partial charge in [0.25, 0.3) is 0 Å². The predicted octanol–water partition coefficient (Wildman–Crippen LogP) is 3.02. The molecule has 1 aromatic heterocycles. The van der Waals surface area contributed by atoms with Crippen LogP contribution in [0.4, 0.5) is 0 Å². The van der Waals surface area contributed by atoms with Crippen molar-refractivity contribution in [3.63, 3.8) is 0 Å². The van der Waals surface area contributed by atoms with Crippen molar-refractivity contribution in [2.75, 3.05) is 0 Å². The lowest BCUT2D eigenvalue weighted by Gasteiger charge is -2.11. The summed E-state index contributed by atoms with van der Waals surface area (Å²) in [5, 5.41) is 2.93. The number of hydrogen-bond donors (Lipinski definition) is 2. The highest BCUT2D eigenvalue weighted by molar-refractivity contribution is 7.11. The third kappa shape index (κ3) is 4.18. The molecule has 0 radical (unpaired) electrons. The first-order valence-corrected chi connectivity index (χ1v) is 7.65. The molecule has 0 bridgehead atoms. The van der Waals surface area contributed by atoms with E-state index in [0.717, 1.165) is 12.0 Å². The maximum Gasteiger partial charge on any atom is 0.222 e. The van der Waals surface area contributed by atoms with Crippen LogP contribution in [0.1, 0.15) is 34.7 Å². The first kappa shape index (κ1) is 14.8. The Hall–Kier alpha value is -1.65. The molecule has 1 unspecified atom stereocenters. The second-order valence-electron chi connectivity index (χ2n) is 4.72. The zero-order valence-electron chi connectivity index (χ0n) is 11.6. The summed E-state index contributed by atoms with van der Waals surface area (Å²) in [5.74, 6) is -0.00667. The number of hydrogen-bond acceptors (Lipinski definition) is 3. The van der Waals surface area contributed by atoms with E-state index < -0.39 is 0 Å². The number of thiophene rings is 1. The van der Waals surface area contributed by atoms with Crippen LogP contribution in [0.5, 0.6) is 0 Å². The van der Waals surface area contributed by atoms with E-state index in [0.29, 0.717) is 13.0 Å². The minimum atomic E-state index is -0.245. The van der Waals surface area contributed by atoms with Crippen molar-refractivity contribution in [3.05, 3.63) is 57.8 Å². The van der Waals surface area contributed by atoms with Crippen molar-refractivity contribution in [1.82, 2.24) is 5.32 Å². The maximum absolute atomic E-state index is 11.9. The molecule has 1 heterocycles. The van der Waals surface area contributed by atoms with Gasteiger partial charge in [-0.15, -0.1) is 11.3 Å². The average molecular weight is 288 g/mol. The van der Waals surface area contributed by atoms with Gasteiger partial charge in [-0.25, -0.2) is 0 Å². The molecule has 3 N–H and O–H groups in total. The Bertz CT molecular complexity index is 551. The van der Waals surface area contributed by atoms with Gasteiger partial charge in [0.1, 0.15) is 0 Å². The standard InChI is InChI=1S/C16H20N2OS/c1-2-13-8-9-14(20-13)11-18-16(19)10-15(17)12-6-4-3-5-7-12/h3-9,15H,2,10-11,17H2,1H3,(H,18,19). The van der Waals surface area contributed by atoms with Crippen LogP contribution in [0.2, 0.25) is 0 Å². The normalized spacial score (nSPS) is 12.1. The van der Waals surface area contributed by atoms with Gasteiger partial charge in [-0.05, 0) is 24.1 Å². The van der Waals surface area contributed by atoms with Crippen LogP contribution >= 0.6 is 11.3 Å². The molecule has 0 aliphatic heterocycles. The molecule has 0 saturated carbocycles. The summed E-state index contributed by atoms with van der Waals surface area (Å²) in [4.78, 5) is 14.4. The summed E-state index contributed by atoms with van der Waals surface area (Å²) in [6, 6.07) is 13.7. The number of nitrogens with one attached hydrogen (secondary N) is 1. The van der Waals surface area contributed by atoms with E-state index in [1.807, 2.05) is 30.3 Å². The number of aryl methyl sites for hydroxylation is 1. The number of nitrogens with two attached hydrogens (primary N) is 1. The molecular formula is C16H20N2OS. The van der Waals surface area contributed by atoms with E-state index >= 15 is 0 Å². The summed E-state index contributed by atoms with van der Waals surface area (Å²) in [6.07, 6.45) is 1.35. The highest BCUT2D eigenvalue weighted by Gasteiger charge is 2.11. The van der Waals surface area contributed by atoms with E-state index in [1.165, 1.54) is 9.75 Å². The quantitative estimate of drug-likeness (QED) is 0.858. The van der Waals surface area contributed by atoms with Gasteiger partial charge in [0.2, 0.25) is 5.91 Å². The van der Waals surface area contributed by atoms with Gasteiger partial charge >= 0.3 is 0 Å². The number of amides is 1. The van der Waals surface area contributed by atoms with Crippen LogP contribution in [-0.2, 0) is 17.8 Å². The Balaban J connectivity index is 1.80. The van der Waals surface area contributed by atoms with Gasteiger partial charge in [-0.2, -0.15) is 0 Å². The Labute approximate surface area is 123 Å².